The molecule has 3 aliphatic rings. The van der Waals surface area contributed by atoms with Crippen molar-refractivity contribution in [2.24, 2.45) is 4.99 Å². The first-order valence-corrected chi connectivity index (χ1v) is 35.7. The molecular formula is C87H78IN3O12Pr4. The zero-order valence-electron chi connectivity index (χ0n) is 61.8. The number of aliphatic imine (C=N–C) groups is 1. The van der Waals surface area contributed by atoms with Crippen LogP contribution in [0.3, 0.4) is 0 Å². The summed E-state index contributed by atoms with van der Waals surface area (Å²) in [4.78, 5) is 42.5. The predicted octanol–water partition coefficient (Wildman–Crippen LogP) is 18.3. The van der Waals surface area contributed by atoms with Crippen LogP contribution in [0.2, 0.25) is 0 Å². The monoisotopic (exact) mass is 2050 g/mol. The van der Waals surface area contributed by atoms with Crippen LogP contribution in [0.4, 0.5) is 0 Å². The summed E-state index contributed by atoms with van der Waals surface area (Å²) in [6.45, 7) is 26.1. The molecule has 107 heavy (non-hydrogen) atoms. The Morgan fingerprint density at radius 2 is 0.869 bits per heavy atom. The fourth-order valence-corrected chi connectivity index (χ4v) is 14.3. The van der Waals surface area contributed by atoms with E-state index in [4.69, 9.17) is 13.6 Å². The number of aryl methyl sites for hydroxylation is 16. The summed E-state index contributed by atoms with van der Waals surface area (Å²) in [6, 6.07) is 39.5. The third-order valence-corrected chi connectivity index (χ3v) is 20.9. The molecule has 0 saturated carbocycles. The van der Waals surface area contributed by atoms with Gasteiger partial charge in [0.15, 0.2) is 0 Å². The summed E-state index contributed by atoms with van der Waals surface area (Å²) in [5.74, 6) is 6.67. The second-order valence-electron chi connectivity index (χ2n) is 27.4. The maximum Gasteiger partial charge on any atom is 0.361 e. The first-order valence-electron chi connectivity index (χ1n) is 34.1. The normalized spacial score (nSPS) is 11.9. The summed E-state index contributed by atoms with van der Waals surface area (Å²) in [7, 11) is 0. The number of nitrogens with zero attached hydrogens (tertiary/aromatic N) is 3. The number of halogens is 1. The summed E-state index contributed by atoms with van der Waals surface area (Å²) < 4.78 is 21.1. The summed E-state index contributed by atoms with van der Waals surface area (Å²) in [5.41, 5.74) is 27.5. The van der Waals surface area contributed by atoms with E-state index in [2.05, 4.69) is 104 Å². The maximum absolute atomic E-state index is 13.4. The van der Waals surface area contributed by atoms with E-state index in [0.717, 1.165) is 114 Å². The van der Waals surface area contributed by atoms with Gasteiger partial charge in [-0.05, 0) is 281 Å². The number of hydrogen-bond donors (Lipinski definition) is 6. The topological polar surface area (TPSA) is 230 Å². The molecule has 0 fully saturated rings. The van der Waals surface area contributed by atoms with Crippen LogP contribution >= 0.6 is 22.6 Å². The molecule has 0 spiro atoms. The van der Waals surface area contributed by atoms with Gasteiger partial charge in [0.25, 0.3) is 0 Å². The SMILES string of the molecule is Cc1cc(C#Cc2cc(C)c(O)cc2OC(=O)CI)ccc1O.Cc1cc2c(cc1C)-c1c(-c3ccc(O)c(C)c3)c3c4cc(C)c(O)cc4oc(=O)c3n1CC2.Cc1cc2c(cc1C)-c1c(-c3ccc(O)c(C)c3)c3c4cc(C)c(O)cc4oc(=O)c3n1CC2.Cc1cc2c(cc1C)CCN=C2.[Pr].[Pr].[Pr].[Pr]. The van der Waals surface area contributed by atoms with E-state index in [-0.39, 0.29) is 210 Å². The smallest absolute Gasteiger partial charge is 0.361 e. The van der Waals surface area contributed by atoms with Gasteiger partial charge in [-0.25, -0.2) is 9.59 Å². The van der Waals surface area contributed by atoms with E-state index in [1.165, 1.54) is 73.8 Å². The van der Waals surface area contributed by atoms with Crippen molar-refractivity contribution >= 4 is 78.5 Å². The van der Waals surface area contributed by atoms with Gasteiger partial charge in [-0.15, -0.1) is 0 Å². The molecule has 0 aliphatic carbocycles. The number of benzene rings is 9. The Morgan fingerprint density at radius 1 is 0.458 bits per heavy atom. The van der Waals surface area contributed by atoms with Crippen molar-refractivity contribution in [1.29, 1.82) is 0 Å². The number of aromatic hydroxyl groups is 6. The van der Waals surface area contributed by atoms with Crippen molar-refractivity contribution in [3.8, 4) is 96.9 Å². The standard InChI is InChI=1S/2C29H25NO4.C18H15IO4.C11H13N.4Pr/c2*1-14-9-18-7-8-30-27(20(18)11-15(14)2)25(19-5-6-22(31)16(3)10-19)26-21-12-17(4)23(32)13-24(21)34-29(33)28(26)30;1-11-7-13(4-6-15(11)20)3-5-14-8-12(2)16(21)9-17(14)23-18(22)10-19;1-8-5-10-3-4-12-7-11(10)6-9(8)2;;;;/h2*5-6,9-13,31-32H,7-8H2,1-4H3;4,6-9,20-21H,10H2,1-2H3;5-7H,3-4H2,1-2H3;;;;. The Morgan fingerprint density at radius 3 is 1.33 bits per heavy atom. The van der Waals surface area contributed by atoms with E-state index in [1.54, 1.807) is 50.2 Å². The van der Waals surface area contributed by atoms with Crippen molar-refractivity contribution < 1.29 is 214 Å². The molecule has 15 nitrogen and oxygen atoms in total. The molecule has 0 unspecified atom stereocenters. The number of carbonyl (C=O) groups excluding carboxylic acids is 1. The minimum atomic E-state index is -0.416. The van der Waals surface area contributed by atoms with E-state index in [9.17, 15) is 45.0 Å². The average Bonchev–Trinajstić information content (AvgIpc) is 1.56. The molecule has 16 rings (SSSR count). The molecule has 0 bridgehead atoms. The molecule has 0 atom stereocenters. The molecule has 13 aromatic rings. The van der Waals surface area contributed by atoms with Gasteiger partial charge in [0.2, 0.25) is 0 Å². The van der Waals surface area contributed by atoms with Crippen LogP contribution in [-0.4, -0.2) is 62.9 Å². The number of phenolic OH excluding ortho intramolecular Hbond substituents is 6. The molecule has 532 valence electrons. The van der Waals surface area contributed by atoms with Gasteiger partial charge in [0, 0.05) is 259 Å². The van der Waals surface area contributed by atoms with Gasteiger partial charge in [-0.3, -0.25) is 9.79 Å². The molecule has 6 N–H and O–H groups in total. The maximum atomic E-state index is 13.4. The van der Waals surface area contributed by atoms with Crippen LogP contribution in [0.1, 0.15) is 100 Å². The summed E-state index contributed by atoms with van der Waals surface area (Å²) in [5, 5.41) is 63.5. The Bertz CT molecular complexity index is 5730. The molecule has 7 heterocycles. The second-order valence-corrected chi connectivity index (χ2v) is 28.1. The Balaban J connectivity index is 0.000000171. The number of carbonyl (C=O) groups is 1. The average molecular weight is 2050 g/mol. The number of alkyl halides is 1. The van der Waals surface area contributed by atoms with Gasteiger partial charge in [0.1, 0.15) is 62.4 Å². The zero-order valence-corrected chi connectivity index (χ0v) is 78.8. The zero-order chi connectivity index (χ0) is 73.3. The predicted molar refractivity (Wildman–Crippen MR) is 418 cm³/mol. The minimum absolute atomic E-state index is 0. The van der Waals surface area contributed by atoms with Crippen molar-refractivity contribution in [3.05, 3.63) is 248 Å². The van der Waals surface area contributed by atoms with Crippen LogP contribution < -0.4 is 16.0 Å². The third-order valence-electron chi connectivity index (χ3n) is 20.2. The quantitative estimate of drug-likeness (QED) is 0.0241. The Hall–Kier alpha value is -5.84. The Kier molecular flexibility index (Phi) is 28.1. The van der Waals surface area contributed by atoms with Crippen molar-refractivity contribution in [1.82, 2.24) is 9.13 Å². The molecular weight excluding hydrogens is 1970 g/mol. The number of aromatic nitrogens is 2. The van der Waals surface area contributed by atoms with Crippen LogP contribution in [0, 0.1) is 260 Å². The van der Waals surface area contributed by atoms with Gasteiger partial charge in [0.05, 0.1) is 21.4 Å². The second kappa shape index (κ2) is 35.2. The number of esters is 1. The van der Waals surface area contributed by atoms with Crippen molar-refractivity contribution in [3.63, 3.8) is 0 Å². The van der Waals surface area contributed by atoms with E-state index in [0.29, 0.717) is 57.5 Å². The van der Waals surface area contributed by atoms with E-state index < -0.39 is 17.2 Å². The van der Waals surface area contributed by atoms with Gasteiger partial charge in [-0.2, -0.15) is 0 Å². The number of fused-ring (bicyclic) bond motifs is 15. The summed E-state index contributed by atoms with van der Waals surface area (Å²) >= 11 is 1.91. The van der Waals surface area contributed by atoms with E-state index in [1.807, 2.05) is 92.9 Å². The van der Waals surface area contributed by atoms with Crippen molar-refractivity contribution in [2.45, 2.75) is 115 Å². The van der Waals surface area contributed by atoms with Gasteiger partial charge >= 0.3 is 17.2 Å². The number of hydrogen-bond acceptors (Lipinski definition) is 13. The van der Waals surface area contributed by atoms with E-state index >= 15 is 0 Å². The molecule has 4 radical (unpaired) electrons. The molecule has 3 aliphatic heterocycles. The Labute approximate surface area is 767 Å². The van der Waals surface area contributed by atoms with Crippen LogP contribution in [0.5, 0.6) is 40.2 Å². The van der Waals surface area contributed by atoms with Crippen molar-refractivity contribution in [2.75, 3.05) is 11.0 Å². The summed E-state index contributed by atoms with van der Waals surface area (Å²) in [6.07, 6.45) is 4.75. The molecule has 4 aromatic heterocycles. The largest absolute Gasteiger partial charge is 0.508 e. The van der Waals surface area contributed by atoms with Gasteiger partial charge in [-0.1, -0.05) is 64.8 Å². The minimum Gasteiger partial charge on any atom is -0.508 e. The first kappa shape index (κ1) is 85.2. The molecule has 20 heteroatoms. The number of rotatable bonds is 4. The molecule has 0 amide bonds. The first-order chi connectivity index (χ1) is 49.2. The third kappa shape index (κ3) is 17.2. The molecule has 9 aromatic carbocycles. The van der Waals surface area contributed by atoms with Crippen LogP contribution in [-0.2, 0) is 37.1 Å². The number of phenols is 6. The van der Waals surface area contributed by atoms with Crippen LogP contribution in [0.15, 0.2) is 151 Å². The fraction of sp³-hybridized carbons (Fsp3) is 0.218. The number of ether oxygens (including phenoxy) is 1. The van der Waals surface area contributed by atoms with Gasteiger partial charge < -0.3 is 53.3 Å². The fourth-order valence-electron chi connectivity index (χ4n) is 14.1. The van der Waals surface area contributed by atoms with Crippen LogP contribution in [0.25, 0.3) is 88.5 Å². The molecule has 0 saturated heterocycles.